The molecule has 2 N–H and O–H groups in total. The van der Waals surface area contributed by atoms with Gasteiger partial charge in [-0.25, -0.2) is 0 Å². The fraction of sp³-hybridized carbons (Fsp3) is 0.500. The van der Waals surface area contributed by atoms with Gasteiger partial charge in [-0.2, -0.15) is 0 Å². The molecular formula is C14H20O3. The number of carboxylic acids is 1. The number of hydrogen-bond donors (Lipinski definition) is 2. The molecule has 94 valence electrons. The predicted octanol–water partition coefficient (Wildman–Crippen LogP) is 3.53. The van der Waals surface area contributed by atoms with Gasteiger partial charge < -0.3 is 10.2 Å². The first-order valence-electron chi connectivity index (χ1n) is 6.14. The van der Waals surface area contributed by atoms with Crippen molar-refractivity contribution in [3.63, 3.8) is 0 Å². The van der Waals surface area contributed by atoms with E-state index < -0.39 is 5.97 Å². The highest BCUT2D eigenvalue weighted by molar-refractivity contribution is 5.68. The molecule has 3 heteroatoms. The summed E-state index contributed by atoms with van der Waals surface area (Å²) in [7, 11) is 0. The third kappa shape index (κ3) is 4.89. The Kier molecular flexibility index (Phi) is 5.53. The maximum Gasteiger partial charge on any atom is 0.303 e. The maximum atomic E-state index is 10.8. The van der Waals surface area contributed by atoms with Crippen LogP contribution in [0.15, 0.2) is 24.3 Å². The van der Waals surface area contributed by atoms with Gasteiger partial charge in [0.05, 0.1) is 6.42 Å². The molecule has 0 spiro atoms. The van der Waals surface area contributed by atoms with E-state index in [-0.39, 0.29) is 18.1 Å². The smallest absolute Gasteiger partial charge is 0.303 e. The van der Waals surface area contributed by atoms with E-state index in [0.29, 0.717) is 0 Å². The lowest BCUT2D eigenvalue weighted by molar-refractivity contribution is -0.137. The molecule has 0 aliphatic rings. The zero-order valence-electron chi connectivity index (χ0n) is 10.2. The summed E-state index contributed by atoms with van der Waals surface area (Å²) in [5.41, 5.74) is 1.00. The summed E-state index contributed by atoms with van der Waals surface area (Å²) >= 11 is 0. The summed E-state index contributed by atoms with van der Waals surface area (Å²) in [6.45, 7) is 2.13. The van der Waals surface area contributed by atoms with Crippen molar-refractivity contribution in [2.24, 2.45) is 0 Å². The number of unbranched alkanes of at least 4 members (excludes halogenated alkanes) is 2. The topological polar surface area (TPSA) is 57.5 Å². The number of aliphatic carboxylic acids is 1. The number of carbonyl (C=O) groups is 1. The SMILES string of the molecule is CCCCCC(CC(=O)O)c1ccc(O)cc1. The minimum atomic E-state index is -0.764. The zero-order chi connectivity index (χ0) is 12.7. The lowest BCUT2D eigenvalue weighted by atomic mass is 9.90. The van der Waals surface area contributed by atoms with Crippen LogP contribution >= 0.6 is 0 Å². The van der Waals surface area contributed by atoms with Crippen LogP contribution in [0.1, 0.15) is 50.5 Å². The van der Waals surface area contributed by atoms with Crippen LogP contribution in [-0.4, -0.2) is 16.2 Å². The predicted molar refractivity (Wildman–Crippen MR) is 67.2 cm³/mol. The van der Waals surface area contributed by atoms with Gasteiger partial charge in [0, 0.05) is 0 Å². The molecule has 3 nitrogen and oxygen atoms in total. The number of aromatic hydroxyl groups is 1. The average Bonchev–Trinajstić information content (AvgIpc) is 2.28. The molecule has 0 aliphatic heterocycles. The number of phenolic OH excluding ortho intramolecular Hbond substituents is 1. The molecule has 1 aromatic rings. The zero-order valence-corrected chi connectivity index (χ0v) is 10.2. The molecule has 17 heavy (non-hydrogen) atoms. The molecule has 0 fully saturated rings. The fourth-order valence-electron chi connectivity index (χ4n) is 1.98. The Morgan fingerprint density at radius 3 is 2.41 bits per heavy atom. The number of carboxylic acid groups (broad SMARTS) is 1. The van der Waals surface area contributed by atoms with Crippen molar-refractivity contribution in [3.8, 4) is 5.75 Å². The molecule has 0 amide bonds. The molecule has 0 saturated carbocycles. The molecule has 1 rings (SSSR count). The van der Waals surface area contributed by atoms with E-state index in [1.807, 2.05) is 12.1 Å². The molecule has 1 atom stereocenters. The number of benzene rings is 1. The summed E-state index contributed by atoms with van der Waals surface area (Å²) in [4.78, 5) is 10.8. The first-order chi connectivity index (χ1) is 8.13. The summed E-state index contributed by atoms with van der Waals surface area (Å²) in [5, 5.41) is 18.1. The lowest BCUT2D eigenvalue weighted by Crippen LogP contribution is -2.06. The van der Waals surface area contributed by atoms with Gasteiger partial charge in [0.1, 0.15) is 5.75 Å². The van der Waals surface area contributed by atoms with Crippen LogP contribution in [0.25, 0.3) is 0 Å². The van der Waals surface area contributed by atoms with E-state index in [9.17, 15) is 9.90 Å². The van der Waals surface area contributed by atoms with Crippen LogP contribution < -0.4 is 0 Å². The molecule has 0 aliphatic carbocycles. The highest BCUT2D eigenvalue weighted by Gasteiger charge is 2.15. The molecule has 0 bridgehead atoms. The quantitative estimate of drug-likeness (QED) is 0.712. The van der Waals surface area contributed by atoms with E-state index in [0.717, 1.165) is 31.2 Å². The van der Waals surface area contributed by atoms with E-state index in [1.165, 1.54) is 0 Å². The Morgan fingerprint density at radius 2 is 1.88 bits per heavy atom. The van der Waals surface area contributed by atoms with E-state index in [2.05, 4.69) is 6.92 Å². The largest absolute Gasteiger partial charge is 0.508 e. The van der Waals surface area contributed by atoms with Crippen molar-refractivity contribution in [2.45, 2.75) is 44.9 Å². The van der Waals surface area contributed by atoms with Gasteiger partial charge >= 0.3 is 5.97 Å². The Morgan fingerprint density at radius 1 is 1.24 bits per heavy atom. The van der Waals surface area contributed by atoms with Gasteiger partial charge in [-0.3, -0.25) is 4.79 Å². The first kappa shape index (κ1) is 13.6. The van der Waals surface area contributed by atoms with Crippen LogP contribution in [0, 0.1) is 0 Å². The highest BCUT2D eigenvalue weighted by atomic mass is 16.4. The second-order valence-electron chi connectivity index (χ2n) is 4.38. The van der Waals surface area contributed by atoms with Gasteiger partial charge in [0.2, 0.25) is 0 Å². The summed E-state index contributed by atoms with van der Waals surface area (Å²) in [5.74, 6) is -0.490. The highest BCUT2D eigenvalue weighted by Crippen LogP contribution is 2.27. The second kappa shape index (κ2) is 6.94. The normalized spacial score (nSPS) is 12.3. The van der Waals surface area contributed by atoms with Gasteiger partial charge in [-0.1, -0.05) is 38.3 Å². The molecule has 0 radical (unpaired) electrons. The molecular weight excluding hydrogens is 216 g/mol. The lowest BCUT2D eigenvalue weighted by Gasteiger charge is -2.15. The van der Waals surface area contributed by atoms with E-state index in [1.54, 1.807) is 12.1 Å². The van der Waals surface area contributed by atoms with Gasteiger partial charge in [0.25, 0.3) is 0 Å². The van der Waals surface area contributed by atoms with Gasteiger partial charge in [-0.05, 0) is 30.0 Å². The number of hydrogen-bond acceptors (Lipinski definition) is 2. The van der Waals surface area contributed by atoms with Crippen molar-refractivity contribution in [2.75, 3.05) is 0 Å². The summed E-state index contributed by atoms with van der Waals surface area (Å²) in [6.07, 6.45) is 4.37. The fourth-order valence-corrected chi connectivity index (χ4v) is 1.98. The Bertz CT molecular complexity index is 343. The molecule has 0 saturated heterocycles. The Balaban J connectivity index is 2.67. The van der Waals surface area contributed by atoms with Crippen molar-refractivity contribution < 1.29 is 15.0 Å². The second-order valence-corrected chi connectivity index (χ2v) is 4.38. The van der Waals surface area contributed by atoms with Crippen LogP contribution in [0.4, 0.5) is 0 Å². The monoisotopic (exact) mass is 236 g/mol. The minimum Gasteiger partial charge on any atom is -0.508 e. The molecule has 0 aromatic heterocycles. The Hall–Kier alpha value is -1.51. The first-order valence-corrected chi connectivity index (χ1v) is 6.14. The maximum absolute atomic E-state index is 10.8. The molecule has 1 aromatic carbocycles. The average molecular weight is 236 g/mol. The van der Waals surface area contributed by atoms with Crippen molar-refractivity contribution in [1.29, 1.82) is 0 Å². The van der Waals surface area contributed by atoms with E-state index in [4.69, 9.17) is 5.11 Å². The number of rotatable bonds is 7. The third-order valence-corrected chi connectivity index (χ3v) is 2.94. The van der Waals surface area contributed by atoms with Gasteiger partial charge in [0.15, 0.2) is 0 Å². The Labute approximate surface area is 102 Å². The van der Waals surface area contributed by atoms with Crippen LogP contribution in [0.5, 0.6) is 5.75 Å². The van der Waals surface area contributed by atoms with Crippen molar-refractivity contribution in [1.82, 2.24) is 0 Å². The summed E-state index contributed by atoms with van der Waals surface area (Å²) in [6, 6.07) is 6.86. The standard InChI is InChI=1S/C14H20O3/c1-2-3-4-5-12(10-14(16)17)11-6-8-13(15)9-7-11/h6-9,12,15H,2-5,10H2,1H3,(H,16,17). The molecule has 0 heterocycles. The molecule has 1 unspecified atom stereocenters. The van der Waals surface area contributed by atoms with Gasteiger partial charge in [-0.15, -0.1) is 0 Å². The van der Waals surface area contributed by atoms with Crippen LogP contribution in [0.3, 0.4) is 0 Å². The van der Waals surface area contributed by atoms with E-state index >= 15 is 0 Å². The third-order valence-electron chi connectivity index (χ3n) is 2.94. The minimum absolute atomic E-state index is 0.0552. The van der Waals surface area contributed by atoms with Crippen molar-refractivity contribution >= 4 is 5.97 Å². The number of phenols is 1. The summed E-state index contributed by atoms with van der Waals surface area (Å²) < 4.78 is 0. The van der Waals surface area contributed by atoms with Crippen molar-refractivity contribution in [3.05, 3.63) is 29.8 Å². The van der Waals surface area contributed by atoms with Crippen LogP contribution in [0.2, 0.25) is 0 Å². The van der Waals surface area contributed by atoms with Crippen LogP contribution in [-0.2, 0) is 4.79 Å².